The van der Waals surface area contributed by atoms with Crippen molar-refractivity contribution in [2.24, 2.45) is 14.1 Å². The first-order valence-corrected chi connectivity index (χ1v) is 7.81. The first-order chi connectivity index (χ1) is 11.9. The van der Waals surface area contributed by atoms with Crippen molar-refractivity contribution < 1.29 is 14.4 Å². The molecule has 0 aromatic carbocycles. The van der Waals surface area contributed by atoms with E-state index in [1.165, 1.54) is 28.7 Å². The van der Waals surface area contributed by atoms with Crippen LogP contribution < -0.4 is 10.6 Å². The molecule has 1 saturated heterocycles. The number of nitrogens with zero attached hydrogens (tertiary/aromatic N) is 5. The molecule has 25 heavy (non-hydrogen) atoms. The molecule has 2 aromatic heterocycles. The Morgan fingerprint density at radius 3 is 2.44 bits per heavy atom. The predicted molar refractivity (Wildman–Crippen MR) is 88.3 cm³/mol. The van der Waals surface area contributed by atoms with Gasteiger partial charge in [0.2, 0.25) is 0 Å². The number of anilines is 1. The van der Waals surface area contributed by atoms with E-state index in [0.29, 0.717) is 18.8 Å². The second-order valence-corrected chi connectivity index (χ2v) is 5.75. The third kappa shape index (κ3) is 2.97. The maximum absolute atomic E-state index is 12.6. The minimum atomic E-state index is -0.509. The highest BCUT2D eigenvalue weighted by atomic mass is 16.2. The van der Waals surface area contributed by atoms with Gasteiger partial charge in [-0.15, -0.1) is 0 Å². The summed E-state index contributed by atoms with van der Waals surface area (Å²) in [5, 5.41) is 13.2. The van der Waals surface area contributed by atoms with Crippen LogP contribution in [0.1, 0.15) is 37.8 Å². The van der Waals surface area contributed by atoms with Crippen molar-refractivity contribution in [2.45, 2.75) is 6.42 Å². The van der Waals surface area contributed by atoms with Crippen LogP contribution in [0, 0.1) is 0 Å². The van der Waals surface area contributed by atoms with Gasteiger partial charge in [-0.2, -0.15) is 10.2 Å². The maximum atomic E-state index is 12.6. The van der Waals surface area contributed by atoms with E-state index in [2.05, 4.69) is 20.8 Å². The molecule has 10 nitrogen and oxygen atoms in total. The highest BCUT2D eigenvalue weighted by molar-refractivity contribution is 6.11. The lowest BCUT2D eigenvalue weighted by Gasteiger charge is -2.30. The van der Waals surface area contributed by atoms with E-state index in [1.807, 2.05) is 0 Å². The van der Waals surface area contributed by atoms with Gasteiger partial charge >= 0.3 is 0 Å². The lowest BCUT2D eigenvalue weighted by molar-refractivity contribution is 0.0648. The Morgan fingerprint density at radius 2 is 1.84 bits per heavy atom. The number of carbonyl (C=O) groups is 3. The van der Waals surface area contributed by atoms with Crippen molar-refractivity contribution in [1.29, 1.82) is 0 Å². The van der Waals surface area contributed by atoms with Gasteiger partial charge in [0.05, 0.1) is 11.8 Å². The third-order valence-corrected chi connectivity index (χ3v) is 4.11. The second-order valence-electron chi connectivity index (χ2n) is 5.75. The molecule has 0 radical (unpaired) electrons. The van der Waals surface area contributed by atoms with Gasteiger partial charge in [-0.3, -0.25) is 23.7 Å². The van der Waals surface area contributed by atoms with Gasteiger partial charge in [-0.05, 0) is 6.42 Å². The maximum Gasteiger partial charge on any atom is 0.275 e. The molecule has 3 amide bonds. The fourth-order valence-electron chi connectivity index (χ4n) is 2.60. The van der Waals surface area contributed by atoms with E-state index in [4.69, 9.17) is 0 Å². The van der Waals surface area contributed by atoms with Gasteiger partial charge in [0, 0.05) is 40.3 Å². The Hall–Kier alpha value is -3.17. The van der Waals surface area contributed by atoms with Gasteiger partial charge in [0.1, 0.15) is 11.4 Å². The molecule has 1 fully saturated rings. The van der Waals surface area contributed by atoms with Gasteiger partial charge in [0.25, 0.3) is 17.7 Å². The first kappa shape index (κ1) is 16.7. The predicted octanol–water partition coefficient (Wildman–Crippen LogP) is -0.389. The summed E-state index contributed by atoms with van der Waals surface area (Å²) in [4.78, 5) is 38.4. The Balaban J connectivity index is 1.83. The first-order valence-electron chi connectivity index (χ1n) is 7.81. The molecule has 1 aliphatic rings. The molecular weight excluding hydrogens is 326 g/mol. The van der Waals surface area contributed by atoms with Crippen LogP contribution in [0.5, 0.6) is 0 Å². The van der Waals surface area contributed by atoms with Crippen LogP contribution >= 0.6 is 0 Å². The zero-order chi connectivity index (χ0) is 18.1. The Kier molecular flexibility index (Phi) is 4.26. The molecule has 132 valence electrons. The number of rotatable bonds is 4. The van der Waals surface area contributed by atoms with Gasteiger partial charge in [-0.25, -0.2) is 0 Å². The summed E-state index contributed by atoms with van der Waals surface area (Å²) in [5.74, 6) is -0.818. The van der Waals surface area contributed by atoms with E-state index < -0.39 is 5.91 Å². The number of carbonyl (C=O) groups excluding carboxylic acids is 3. The van der Waals surface area contributed by atoms with Crippen molar-refractivity contribution in [1.82, 2.24) is 29.8 Å². The summed E-state index contributed by atoms with van der Waals surface area (Å²) in [5.41, 5.74) is 0.714. The number of aromatic nitrogens is 4. The van der Waals surface area contributed by atoms with Crippen LogP contribution in [0.3, 0.4) is 0 Å². The number of nitrogens with one attached hydrogen (secondary N) is 2. The summed E-state index contributed by atoms with van der Waals surface area (Å²) < 4.78 is 2.72. The number of aryl methyl sites for hydroxylation is 2. The monoisotopic (exact) mass is 345 g/mol. The Labute approximate surface area is 143 Å². The molecule has 3 heterocycles. The average molecular weight is 345 g/mol. The minimum absolute atomic E-state index is 0.157. The van der Waals surface area contributed by atoms with Crippen LogP contribution in [0.2, 0.25) is 0 Å². The fraction of sp³-hybridized carbons (Fsp3) is 0.400. The van der Waals surface area contributed by atoms with Crippen molar-refractivity contribution in [3.63, 3.8) is 0 Å². The van der Waals surface area contributed by atoms with E-state index >= 15 is 0 Å². The zero-order valence-electron chi connectivity index (χ0n) is 14.2. The lowest BCUT2D eigenvalue weighted by Crippen LogP contribution is -2.42. The number of amides is 3. The lowest BCUT2D eigenvalue weighted by atomic mass is 10.1. The second kappa shape index (κ2) is 6.38. The smallest absolute Gasteiger partial charge is 0.275 e. The molecule has 2 aromatic rings. The molecule has 10 heteroatoms. The SMILES string of the molecule is CNC(=O)c1cc(NC(=O)c2c(C(=O)N3CCC3)cnn2C)nn1C. The van der Waals surface area contributed by atoms with E-state index in [0.717, 1.165) is 6.42 Å². The van der Waals surface area contributed by atoms with Crippen molar-refractivity contribution in [3.05, 3.63) is 29.2 Å². The summed E-state index contributed by atoms with van der Waals surface area (Å²) in [7, 11) is 4.70. The average Bonchev–Trinajstić information content (AvgIpc) is 3.07. The van der Waals surface area contributed by atoms with Gasteiger partial charge in [0.15, 0.2) is 5.82 Å². The highest BCUT2D eigenvalue weighted by Crippen LogP contribution is 2.17. The molecule has 1 aliphatic heterocycles. The molecular formula is C15H19N7O3. The molecule has 3 rings (SSSR count). The highest BCUT2D eigenvalue weighted by Gasteiger charge is 2.29. The fourth-order valence-corrected chi connectivity index (χ4v) is 2.60. The number of hydrogen-bond donors (Lipinski definition) is 2. The largest absolute Gasteiger partial charge is 0.354 e. The van der Waals surface area contributed by atoms with Gasteiger partial charge in [-0.1, -0.05) is 0 Å². The molecule has 0 saturated carbocycles. The normalized spacial score (nSPS) is 13.3. The van der Waals surface area contributed by atoms with Crippen molar-refractivity contribution in [2.75, 3.05) is 25.5 Å². The van der Waals surface area contributed by atoms with Crippen molar-refractivity contribution in [3.8, 4) is 0 Å². The molecule has 0 unspecified atom stereocenters. The number of hydrogen-bond acceptors (Lipinski definition) is 5. The number of likely N-dealkylation sites (tertiary alicyclic amines) is 1. The summed E-state index contributed by atoms with van der Waals surface area (Å²) >= 11 is 0. The summed E-state index contributed by atoms with van der Waals surface area (Å²) in [6.45, 7) is 1.37. The summed E-state index contributed by atoms with van der Waals surface area (Å²) in [6.07, 6.45) is 2.35. The van der Waals surface area contributed by atoms with Gasteiger partial charge < -0.3 is 15.5 Å². The Morgan fingerprint density at radius 1 is 1.12 bits per heavy atom. The van der Waals surface area contributed by atoms with E-state index in [-0.39, 0.29) is 28.9 Å². The molecule has 2 N–H and O–H groups in total. The molecule has 0 spiro atoms. The zero-order valence-corrected chi connectivity index (χ0v) is 14.2. The standard InChI is InChI=1S/C15H19N7O3/c1-16-13(23)10-7-11(19-20(10)2)18-14(24)12-9(8-17-21(12)3)15(25)22-5-4-6-22/h7-8H,4-6H2,1-3H3,(H,16,23)(H,18,19,24). The summed E-state index contributed by atoms with van der Waals surface area (Å²) in [6, 6.07) is 1.46. The van der Waals surface area contributed by atoms with Crippen LogP contribution in [0.25, 0.3) is 0 Å². The molecule has 0 atom stereocenters. The molecule has 0 bridgehead atoms. The van der Waals surface area contributed by atoms with Crippen LogP contribution in [0.15, 0.2) is 12.3 Å². The van der Waals surface area contributed by atoms with Crippen molar-refractivity contribution >= 4 is 23.5 Å². The Bertz CT molecular complexity index is 847. The van der Waals surface area contributed by atoms with Crippen LogP contribution in [-0.4, -0.2) is 62.3 Å². The minimum Gasteiger partial charge on any atom is -0.354 e. The van der Waals surface area contributed by atoms with E-state index in [9.17, 15) is 14.4 Å². The topological polar surface area (TPSA) is 114 Å². The van der Waals surface area contributed by atoms with Crippen LogP contribution in [-0.2, 0) is 14.1 Å². The van der Waals surface area contributed by atoms with E-state index in [1.54, 1.807) is 19.0 Å². The third-order valence-electron chi connectivity index (χ3n) is 4.11. The van der Waals surface area contributed by atoms with Crippen LogP contribution in [0.4, 0.5) is 5.82 Å². The quantitative estimate of drug-likeness (QED) is 0.783. The molecule has 0 aliphatic carbocycles.